The van der Waals surface area contributed by atoms with Crippen LogP contribution in [0.1, 0.15) is 42.9 Å². The maximum atomic E-state index is 5.98. The molecule has 2 aliphatic rings. The molecule has 7 nitrogen and oxygen atoms in total. The Morgan fingerprint density at radius 2 is 2.24 bits per heavy atom. The van der Waals surface area contributed by atoms with Gasteiger partial charge in [-0.3, -0.25) is 4.99 Å². The summed E-state index contributed by atoms with van der Waals surface area (Å²) in [4.78, 5) is 11.8. The molecule has 0 aliphatic carbocycles. The average molecular weight is 340 g/mol. The molecule has 0 fully saturated rings. The Bertz CT molecular complexity index is 797. The highest BCUT2D eigenvalue weighted by Gasteiger charge is 2.33. The minimum Gasteiger partial charge on any atom is -0.491 e. The first-order chi connectivity index (χ1) is 12.2. The van der Waals surface area contributed by atoms with Crippen LogP contribution in [0, 0.1) is 0 Å². The molecule has 1 aromatic heterocycles. The third kappa shape index (κ3) is 2.89. The molecule has 3 heterocycles. The lowest BCUT2D eigenvalue weighted by atomic mass is 10.1. The van der Waals surface area contributed by atoms with Crippen molar-refractivity contribution in [1.29, 1.82) is 0 Å². The summed E-state index contributed by atoms with van der Waals surface area (Å²) in [6.45, 7) is 7.38. The van der Waals surface area contributed by atoms with E-state index in [0.29, 0.717) is 6.61 Å². The number of ether oxygens (including phenoxy) is 1. The zero-order valence-electron chi connectivity index (χ0n) is 14.9. The van der Waals surface area contributed by atoms with Gasteiger partial charge in [0.15, 0.2) is 5.82 Å². The second kappa shape index (κ2) is 6.48. The lowest BCUT2D eigenvalue weighted by molar-refractivity contribution is 0.279. The van der Waals surface area contributed by atoms with E-state index in [1.807, 2.05) is 11.7 Å². The van der Waals surface area contributed by atoms with Crippen LogP contribution in [0.15, 0.2) is 29.5 Å². The number of benzene rings is 1. The second-order valence-electron chi connectivity index (χ2n) is 6.78. The van der Waals surface area contributed by atoms with Gasteiger partial charge in [-0.1, -0.05) is 6.07 Å². The molecule has 7 heteroatoms. The number of hydrogen-bond acceptors (Lipinski definition) is 6. The van der Waals surface area contributed by atoms with Crippen LogP contribution in [-0.4, -0.2) is 52.2 Å². The van der Waals surface area contributed by atoms with Crippen molar-refractivity contribution in [3.05, 3.63) is 41.5 Å². The minimum atomic E-state index is 0.0165. The molecule has 1 aromatic carbocycles. The molecule has 0 saturated carbocycles. The topological polar surface area (TPSA) is 67.6 Å². The molecule has 4 rings (SSSR count). The summed E-state index contributed by atoms with van der Waals surface area (Å²) in [6, 6.07) is 6.66. The summed E-state index contributed by atoms with van der Waals surface area (Å²) in [5.41, 5.74) is 2.28. The van der Waals surface area contributed by atoms with Gasteiger partial charge in [-0.15, -0.1) is 0 Å². The minimum absolute atomic E-state index is 0.0165. The molecule has 2 aromatic rings. The predicted octanol–water partition coefficient (Wildman–Crippen LogP) is 1.77. The van der Waals surface area contributed by atoms with Crippen molar-refractivity contribution in [2.24, 2.45) is 4.99 Å². The van der Waals surface area contributed by atoms with Crippen molar-refractivity contribution < 1.29 is 4.74 Å². The molecule has 132 valence electrons. The fourth-order valence-corrected chi connectivity index (χ4v) is 3.49. The van der Waals surface area contributed by atoms with E-state index in [-0.39, 0.29) is 12.1 Å². The molecule has 0 saturated heterocycles. The van der Waals surface area contributed by atoms with Crippen molar-refractivity contribution in [3.8, 4) is 5.75 Å². The van der Waals surface area contributed by atoms with E-state index in [0.717, 1.165) is 42.6 Å². The van der Waals surface area contributed by atoms with Crippen molar-refractivity contribution >= 4 is 5.84 Å². The molecular weight excluding hydrogens is 316 g/mol. The highest BCUT2D eigenvalue weighted by atomic mass is 16.5. The first-order valence-electron chi connectivity index (χ1n) is 8.80. The number of aliphatic imine (C=N–C) groups is 1. The summed E-state index contributed by atoms with van der Waals surface area (Å²) < 4.78 is 7.94. The second-order valence-corrected chi connectivity index (χ2v) is 6.78. The summed E-state index contributed by atoms with van der Waals surface area (Å²) in [6.07, 6.45) is 1.63. The SMILES string of the molecule is CNCc1ccc2c(c1)OCCN1CC(c3ncnn3C(C)C)N=C21. The number of aromatic nitrogens is 3. The molecule has 25 heavy (non-hydrogen) atoms. The summed E-state index contributed by atoms with van der Waals surface area (Å²) in [7, 11) is 1.95. The lowest BCUT2D eigenvalue weighted by Gasteiger charge is -2.18. The largest absolute Gasteiger partial charge is 0.491 e. The van der Waals surface area contributed by atoms with Gasteiger partial charge in [-0.05, 0) is 38.6 Å². The lowest BCUT2D eigenvalue weighted by Crippen LogP contribution is -2.30. The molecule has 0 radical (unpaired) electrons. The molecular formula is C18H24N6O. The normalized spacial score (nSPS) is 19.3. The van der Waals surface area contributed by atoms with E-state index in [4.69, 9.17) is 9.73 Å². The van der Waals surface area contributed by atoms with Crippen molar-refractivity contribution in [3.63, 3.8) is 0 Å². The van der Waals surface area contributed by atoms with Gasteiger partial charge in [0.2, 0.25) is 0 Å². The Balaban J connectivity index is 1.70. The van der Waals surface area contributed by atoms with E-state index in [2.05, 4.69) is 52.3 Å². The van der Waals surface area contributed by atoms with Crippen LogP contribution in [0.2, 0.25) is 0 Å². The van der Waals surface area contributed by atoms with E-state index in [1.165, 1.54) is 5.56 Å². The molecule has 2 aliphatic heterocycles. The van der Waals surface area contributed by atoms with Gasteiger partial charge in [0, 0.05) is 19.1 Å². The fourth-order valence-electron chi connectivity index (χ4n) is 3.49. The Hall–Kier alpha value is -2.41. The van der Waals surface area contributed by atoms with Crippen molar-refractivity contribution in [2.75, 3.05) is 26.7 Å². The molecule has 1 atom stereocenters. The number of hydrogen-bond donors (Lipinski definition) is 1. The van der Waals surface area contributed by atoms with E-state index >= 15 is 0 Å². The van der Waals surface area contributed by atoms with E-state index in [1.54, 1.807) is 6.33 Å². The quantitative estimate of drug-likeness (QED) is 0.919. The van der Waals surface area contributed by atoms with Gasteiger partial charge in [0.25, 0.3) is 0 Å². The van der Waals surface area contributed by atoms with Crippen LogP contribution >= 0.6 is 0 Å². The number of nitrogens with one attached hydrogen (secondary N) is 1. The summed E-state index contributed by atoms with van der Waals surface area (Å²) >= 11 is 0. The third-order valence-electron chi connectivity index (χ3n) is 4.65. The number of rotatable bonds is 4. The van der Waals surface area contributed by atoms with Crippen LogP contribution in [0.4, 0.5) is 0 Å². The summed E-state index contributed by atoms with van der Waals surface area (Å²) in [5, 5.41) is 7.54. The van der Waals surface area contributed by atoms with Gasteiger partial charge in [0.1, 0.15) is 30.6 Å². The van der Waals surface area contributed by atoms with Gasteiger partial charge < -0.3 is 15.0 Å². The maximum Gasteiger partial charge on any atom is 0.153 e. The maximum absolute atomic E-state index is 5.98. The fraction of sp³-hybridized carbons (Fsp3) is 0.500. The molecule has 0 amide bonds. The number of amidine groups is 1. The number of nitrogens with zero attached hydrogens (tertiary/aromatic N) is 5. The first-order valence-corrected chi connectivity index (χ1v) is 8.80. The zero-order chi connectivity index (χ0) is 17.4. The first kappa shape index (κ1) is 16.1. The standard InChI is InChI=1S/C18H24N6O/c1-12(2)24-18(20-11-21-24)15-10-23-6-7-25-16-8-13(9-19-3)4-5-14(16)17(23)22-15/h4-5,8,11-12,15,19H,6-7,9-10H2,1-3H3. The van der Waals surface area contributed by atoms with Gasteiger partial charge in [0.05, 0.1) is 12.1 Å². The smallest absolute Gasteiger partial charge is 0.153 e. The molecule has 1 unspecified atom stereocenters. The van der Waals surface area contributed by atoms with Crippen molar-refractivity contribution in [1.82, 2.24) is 25.0 Å². The van der Waals surface area contributed by atoms with Gasteiger partial charge >= 0.3 is 0 Å². The Labute approximate surface area is 147 Å². The molecule has 1 N–H and O–H groups in total. The highest BCUT2D eigenvalue weighted by molar-refractivity contribution is 6.02. The Morgan fingerprint density at radius 3 is 3.04 bits per heavy atom. The van der Waals surface area contributed by atoms with Crippen LogP contribution < -0.4 is 10.1 Å². The van der Waals surface area contributed by atoms with Crippen LogP contribution in [-0.2, 0) is 6.54 Å². The van der Waals surface area contributed by atoms with Gasteiger partial charge in [-0.2, -0.15) is 5.10 Å². The van der Waals surface area contributed by atoms with Crippen LogP contribution in [0.3, 0.4) is 0 Å². The molecule has 0 spiro atoms. The Morgan fingerprint density at radius 1 is 1.36 bits per heavy atom. The van der Waals surface area contributed by atoms with E-state index < -0.39 is 0 Å². The van der Waals surface area contributed by atoms with Crippen LogP contribution in [0.25, 0.3) is 0 Å². The zero-order valence-corrected chi connectivity index (χ0v) is 14.9. The number of fused-ring (bicyclic) bond motifs is 3. The van der Waals surface area contributed by atoms with Crippen molar-refractivity contribution in [2.45, 2.75) is 32.5 Å². The summed E-state index contributed by atoms with van der Waals surface area (Å²) in [5.74, 6) is 2.86. The molecule has 0 bridgehead atoms. The third-order valence-corrected chi connectivity index (χ3v) is 4.65. The predicted molar refractivity (Wildman–Crippen MR) is 96.0 cm³/mol. The van der Waals surface area contributed by atoms with E-state index in [9.17, 15) is 0 Å². The van der Waals surface area contributed by atoms with Gasteiger partial charge in [-0.25, -0.2) is 9.67 Å². The van der Waals surface area contributed by atoms with Crippen LogP contribution in [0.5, 0.6) is 5.75 Å². The monoisotopic (exact) mass is 340 g/mol. The Kier molecular flexibility index (Phi) is 4.17. The average Bonchev–Trinajstić information content (AvgIpc) is 3.19. The highest BCUT2D eigenvalue weighted by Crippen LogP contribution is 2.32.